The summed E-state index contributed by atoms with van der Waals surface area (Å²) in [6.07, 6.45) is 1.91. The van der Waals surface area contributed by atoms with Gasteiger partial charge in [0.25, 0.3) is 0 Å². The van der Waals surface area contributed by atoms with Crippen molar-refractivity contribution in [2.24, 2.45) is 0 Å². The second-order valence-electron chi connectivity index (χ2n) is 3.86. The van der Waals surface area contributed by atoms with Crippen LogP contribution >= 0.6 is 0 Å². The van der Waals surface area contributed by atoms with E-state index in [-0.39, 0.29) is 0 Å². The number of hydrogen-bond donors (Lipinski definition) is 0. The van der Waals surface area contributed by atoms with E-state index in [1.54, 1.807) is 0 Å². The van der Waals surface area contributed by atoms with Gasteiger partial charge < -0.3 is 0 Å². The van der Waals surface area contributed by atoms with Crippen LogP contribution in [-0.2, 0) is 0 Å². The minimum absolute atomic E-state index is 1.18. The second kappa shape index (κ2) is 3.49. The molecule has 1 radical (unpaired) electrons. The average Bonchev–Trinajstić information content (AvgIpc) is 2.38. The van der Waals surface area contributed by atoms with Crippen molar-refractivity contribution in [2.75, 3.05) is 0 Å². The van der Waals surface area contributed by atoms with Crippen LogP contribution < -0.4 is 0 Å². The van der Waals surface area contributed by atoms with Gasteiger partial charge in [-0.05, 0) is 45.3 Å². The van der Waals surface area contributed by atoms with Crippen LogP contribution in [0.3, 0.4) is 0 Å². The first-order valence-electron chi connectivity index (χ1n) is 5.34. The molecule has 3 aromatic rings. The molecule has 0 aliphatic heterocycles. The van der Waals surface area contributed by atoms with Gasteiger partial charge in [0.15, 0.2) is 0 Å². The smallest absolute Gasteiger partial charge is 0.00932 e. The van der Waals surface area contributed by atoms with Gasteiger partial charge in [-0.25, -0.2) is 0 Å². The molecule has 0 aromatic heterocycles. The van der Waals surface area contributed by atoms with Gasteiger partial charge >= 0.3 is 0 Å². The van der Waals surface area contributed by atoms with Gasteiger partial charge in [0.1, 0.15) is 0 Å². The molecule has 3 aromatic carbocycles. The topological polar surface area (TPSA) is 0 Å². The van der Waals surface area contributed by atoms with E-state index in [1.165, 1.54) is 27.1 Å². The Bertz CT molecular complexity index is 678. The zero-order valence-electron chi connectivity index (χ0n) is 8.90. The molecule has 0 N–H and O–H groups in total. The second-order valence-corrected chi connectivity index (χ2v) is 3.86. The molecular formula is C16H11. The summed E-state index contributed by atoms with van der Waals surface area (Å²) < 4.78 is 0. The monoisotopic (exact) mass is 203 g/mol. The van der Waals surface area contributed by atoms with Crippen LogP contribution in [0.1, 0.15) is 5.56 Å². The molecular weight excluding hydrogens is 192 g/mol. The third-order valence-corrected chi connectivity index (χ3v) is 2.96. The third kappa shape index (κ3) is 1.24. The van der Waals surface area contributed by atoms with E-state index in [0.29, 0.717) is 0 Å². The largest absolute Gasteiger partial charge is 0.0984 e. The molecule has 0 fully saturated rings. The third-order valence-electron chi connectivity index (χ3n) is 2.96. The molecule has 0 heterocycles. The molecule has 0 unspecified atom stereocenters. The highest BCUT2D eigenvalue weighted by Crippen LogP contribution is 2.28. The predicted octanol–water partition coefficient (Wildman–Crippen LogP) is 4.44. The zero-order valence-corrected chi connectivity index (χ0v) is 8.90. The molecule has 0 amide bonds. The summed E-state index contributed by atoms with van der Waals surface area (Å²) in [5, 5.41) is 5.02. The van der Waals surface area contributed by atoms with Gasteiger partial charge in [-0.3, -0.25) is 0 Å². The van der Waals surface area contributed by atoms with Crippen molar-refractivity contribution in [1.82, 2.24) is 0 Å². The van der Waals surface area contributed by atoms with Crippen LogP contribution in [-0.4, -0.2) is 0 Å². The van der Waals surface area contributed by atoms with E-state index in [9.17, 15) is 0 Å². The Hall–Kier alpha value is -2.08. The summed E-state index contributed by atoms with van der Waals surface area (Å²) in [4.78, 5) is 0. The Labute approximate surface area is 94.8 Å². The van der Waals surface area contributed by atoms with E-state index in [1.807, 2.05) is 18.2 Å². The van der Waals surface area contributed by atoms with E-state index in [2.05, 4.69) is 49.0 Å². The van der Waals surface area contributed by atoms with Crippen molar-refractivity contribution in [2.45, 2.75) is 0 Å². The highest BCUT2D eigenvalue weighted by Gasteiger charge is 2.02. The molecule has 0 bridgehead atoms. The number of fused-ring (bicyclic) bond motifs is 3. The maximum absolute atomic E-state index is 3.88. The maximum Gasteiger partial charge on any atom is -0.00932 e. The lowest BCUT2D eigenvalue weighted by Crippen LogP contribution is -1.81. The highest BCUT2D eigenvalue weighted by molar-refractivity contribution is 6.10. The molecule has 0 aliphatic rings. The van der Waals surface area contributed by atoms with Gasteiger partial charge in [-0.15, -0.1) is 0 Å². The van der Waals surface area contributed by atoms with Crippen LogP contribution in [0.2, 0.25) is 0 Å². The SMILES string of the molecule is C=Cc1cc2ccccc2c2c[c]ccc12. The molecule has 0 saturated heterocycles. The molecule has 3 rings (SSSR count). The van der Waals surface area contributed by atoms with Crippen molar-refractivity contribution in [3.63, 3.8) is 0 Å². The van der Waals surface area contributed by atoms with Crippen molar-refractivity contribution in [1.29, 1.82) is 0 Å². The molecule has 0 atom stereocenters. The molecule has 0 aliphatic carbocycles. The van der Waals surface area contributed by atoms with E-state index >= 15 is 0 Å². The van der Waals surface area contributed by atoms with Gasteiger partial charge in [0.2, 0.25) is 0 Å². The average molecular weight is 203 g/mol. The van der Waals surface area contributed by atoms with E-state index < -0.39 is 0 Å². The predicted molar refractivity (Wildman–Crippen MR) is 70.4 cm³/mol. The van der Waals surface area contributed by atoms with Crippen LogP contribution in [0.4, 0.5) is 0 Å². The van der Waals surface area contributed by atoms with Gasteiger partial charge in [-0.1, -0.05) is 49.1 Å². The fraction of sp³-hybridized carbons (Fsp3) is 0. The lowest BCUT2D eigenvalue weighted by atomic mass is 9.97. The normalized spacial score (nSPS) is 10.8. The number of rotatable bonds is 1. The Morgan fingerprint density at radius 2 is 1.88 bits per heavy atom. The standard InChI is InChI=1S/C16H11/c1-2-12-11-13-7-3-4-9-15(13)16-10-6-5-8-14(12)16/h2-5,7-11H,1H2. The summed E-state index contributed by atoms with van der Waals surface area (Å²) in [6.45, 7) is 3.88. The van der Waals surface area contributed by atoms with Crippen molar-refractivity contribution in [3.8, 4) is 0 Å². The molecule has 0 nitrogen and oxygen atoms in total. The fourth-order valence-corrected chi connectivity index (χ4v) is 2.19. The Morgan fingerprint density at radius 3 is 2.75 bits per heavy atom. The first-order valence-corrected chi connectivity index (χ1v) is 5.34. The maximum atomic E-state index is 3.88. The molecule has 0 heteroatoms. The van der Waals surface area contributed by atoms with Crippen LogP contribution in [0, 0.1) is 6.07 Å². The van der Waals surface area contributed by atoms with Crippen molar-refractivity contribution >= 4 is 27.6 Å². The van der Waals surface area contributed by atoms with Crippen LogP contribution in [0.25, 0.3) is 27.6 Å². The zero-order chi connectivity index (χ0) is 11.0. The van der Waals surface area contributed by atoms with E-state index in [4.69, 9.17) is 0 Å². The summed E-state index contributed by atoms with van der Waals surface area (Å²) in [7, 11) is 0. The lowest BCUT2D eigenvalue weighted by molar-refractivity contribution is 1.73. The lowest BCUT2D eigenvalue weighted by Gasteiger charge is -2.06. The first kappa shape index (κ1) is 9.17. The molecule has 75 valence electrons. The van der Waals surface area contributed by atoms with Gasteiger partial charge in [0.05, 0.1) is 0 Å². The van der Waals surface area contributed by atoms with Crippen molar-refractivity contribution in [3.05, 3.63) is 66.7 Å². The minimum Gasteiger partial charge on any atom is -0.0984 e. The molecule has 16 heavy (non-hydrogen) atoms. The highest BCUT2D eigenvalue weighted by atomic mass is 14.1. The van der Waals surface area contributed by atoms with Crippen molar-refractivity contribution < 1.29 is 0 Å². The minimum atomic E-state index is 1.18. The number of benzene rings is 3. The molecule has 0 saturated carbocycles. The van der Waals surface area contributed by atoms with Gasteiger partial charge in [-0.2, -0.15) is 0 Å². The first-order chi connectivity index (χ1) is 7.90. The summed E-state index contributed by atoms with van der Waals surface area (Å²) >= 11 is 0. The Kier molecular flexibility index (Phi) is 2.00. The summed E-state index contributed by atoms with van der Waals surface area (Å²) in [6, 6.07) is 19.8. The summed E-state index contributed by atoms with van der Waals surface area (Å²) in [5.41, 5.74) is 1.18. The Morgan fingerprint density at radius 1 is 1.00 bits per heavy atom. The quantitative estimate of drug-likeness (QED) is 0.513. The van der Waals surface area contributed by atoms with Crippen LogP contribution in [0.15, 0.2) is 55.1 Å². The van der Waals surface area contributed by atoms with E-state index in [0.717, 1.165) is 0 Å². The summed E-state index contributed by atoms with van der Waals surface area (Å²) in [5.74, 6) is 0. The van der Waals surface area contributed by atoms with Gasteiger partial charge in [0, 0.05) is 0 Å². The Balaban J connectivity index is 2.62. The molecule has 0 spiro atoms. The fourth-order valence-electron chi connectivity index (χ4n) is 2.19. The van der Waals surface area contributed by atoms with Crippen LogP contribution in [0.5, 0.6) is 0 Å². The number of hydrogen-bond acceptors (Lipinski definition) is 0.